The molecule has 2 unspecified atom stereocenters. The first-order valence-electron chi connectivity index (χ1n) is 11.1. The zero-order valence-corrected chi connectivity index (χ0v) is 17.4. The maximum absolute atomic E-state index is 13.8. The molecule has 2 aliphatic rings. The van der Waals surface area contributed by atoms with Gasteiger partial charge in [-0.15, -0.1) is 0 Å². The van der Waals surface area contributed by atoms with Gasteiger partial charge in [-0.25, -0.2) is 4.39 Å². The standard InChI is InChI=1S/C24H35FO3/c1-3-4-5-20-13-15-22(28-24(20)26)19-11-8-17(9-12-19)6-7-18-10-14-23(27-2)21(25)16-18/h10,14,16-17,19-20,22H,3-9,11-13,15H2,1-2H3. The SMILES string of the molecule is CCCCC1CCC(C2CCC(CCc3ccc(OC)c(F)c3)CC2)OC1=O. The summed E-state index contributed by atoms with van der Waals surface area (Å²) in [6, 6.07) is 5.28. The van der Waals surface area contributed by atoms with Crippen LogP contribution in [0.5, 0.6) is 5.75 Å². The lowest BCUT2D eigenvalue weighted by Gasteiger charge is -2.37. The van der Waals surface area contributed by atoms with E-state index in [0.29, 0.717) is 17.6 Å². The van der Waals surface area contributed by atoms with Crippen molar-refractivity contribution in [2.24, 2.45) is 17.8 Å². The number of cyclic esters (lactones) is 1. The van der Waals surface area contributed by atoms with Gasteiger partial charge in [-0.2, -0.15) is 0 Å². The molecule has 0 N–H and O–H groups in total. The van der Waals surface area contributed by atoms with E-state index in [9.17, 15) is 9.18 Å². The molecule has 1 aliphatic heterocycles. The fraction of sp³-hybridized carbons (Fsp3) is 0.708. The molecule has 0 amide bonds. The normalized spacial score (nSPS) is 28.0. The highest BCUT2D eigenvalue weighted by Gasteiger charge is 2.35. The van der Waals surface area contributed by atoms with E-state index in [1.807, 2.05) is 6.07 Å². The average Bonchev–Trinajstić information content (AvgIpc) is 2.72. The minimum Gasteiger partial charge on any atom is -0.494 e. The summed E-state index contributed by atoms with van der Waals surface area (Å²) in [4.78, 5) is 12.3. The molecule has 2 atom stereocenters. The number of methoxy groups -OCH3 is 1. The van der Waals surface area contributed by atoms with Crippen LogP contribution in [0.25, 0.3) is 0 Å². The molecule has 0 spiro atoms. The lowest BCUT2D eigenvalue weighted by molar-refractivity contribution is -0.165. The van der Waals surface area contributed by atoms with Crippen LogP contribution in [0.4, 0.5) is 4.39 Å². The summed E-state index contributed by atoms with van der Waals surface area (Å²) in [5.74, 6) is 1.44. The van der Waals surface area contributed by atoms with Gasteiger partial charge >= 0.3 is 5.97 Å². The Morgan fingerprint density at radius 3 is 2.54 bits per heavy atom. The molecule has 1 saturated heterocycles. The number of ether oxygens (including phenoxy) is 2. The molecule has 3 nitrogen and oxygen atoms in total. The van der Waals surface area contributed by atoms with Gasteiger partial charge in [0.2, 0.25) is 0 Å². The van der Waals surface area contributed by atoms with Crippen molar-refractivity contribution in [1.82, 2.24) is 0 Å². The third-order valence-corrected chi connectivity index (χ3v) is 6.78. The summed E-state index contributed by atoms with van der Waals surface area (Å²) in [7, 11) is 1.49. The van der Waals surface area contributed by atoms with Crippen LogP contribution >= 0.6 is 0 Å². The van der Waals surface area contributed by atoms with Gasteiger partial charge in [0.15, 0.2) is 11.6 Å². The molecular formula is C24H35FO3. The fourth-order valence-electron chi connectivity index (χ4n) is 4.92. The van der Waals surface area contributed by atoms with Gasteiger partial charge < -0.3 is 9.47 Å². The molecule has 1 aromatic rings. The highest BCUT2D eigenvalue weighted by atomic mass is 19.1. The molecule has 4 heteroatoms. The highest BCUT2D eigenvalue weighted by Crippen LogP contribution is 2.38. The van der Waals surface area contributed by atoms with Gasteiger partial charge in [-0.1, -0.05) is 38.7 Å². The Balaban J connectivity index is 1.40. The summed E-state index contributed by atoms with van der Waals surface area (Å²) >= 11 is 0. The van der Waals surface area contributed by atoms with E-state index in [2.05, 4.69) is 6.92 Å². The van der Waals surface area contributed by atoms with E-state index in [0.717, 1.165) is 63.4 Å². The Labute approximate surface area is 169 Å². The van der Waals surface area contributed by atoms with E-state index >= 15 is 0 Å². The number of halogens is 1. The molecule has 0 bridgehead atoms. The third kappa shape index (κ3) is 5.48. The van der Waals surface area contributed by atoms with Gasteiger partial charge in [0.1, 0.15) is 6.10 Å². The first-order chi connectivity index (χ1) is 13.6. The van der Waals surface area contributed by atoms with Crippen LogP contribution in [0.1, 0.15) is 76.7 Å². The fourth-order valence-corrected chi connectivity index (χ4v) is 4.92. The smallest absolute Gasteiger partial charge is 0.309 e. The Bertz CT molecular complexity index is 637. The maximum atomic E-state index is 13.8. The van der Waals surface area contributed by atoms with Gasteiger partial charge in [0.25, 0.3) is 0 Å². The quantitative estimate of drug-likeness (QED) is 0.504. The number of rotatable bonds is 8. The second-order valence-electron chi connectivity index (χ2n) is 8.68. The molecule has 1 aliphatic carbocycles. The first kappa shape index (κ1) is 21.1. The van der Waals surface area contributed by atoms with Crippen LogP contribution in [0.15, 0.2) is 18.2 Å². The summed E-state index contributed by atoms with van der Waals surface area (Å²) < 4.78 is 24.7. The lowest BCUT2D eigenvalue weighted by Crippen LogP contribution is -2.37. The Kier molecular flexibility index (Phi) is 7.75. The summed E-state index contributed by atoms with van der Waals surface area (Å²) in [6.07, 6.45) is 12.1. The molecule has 3 rings (SSSR count). The molecule has 28 heavy (non-hydrogen) atoms. The van der Waals surface area contributed by atoms with Crippen LogP contribution in [-0.4, -0.2) is 19.2 Å². The molecule has 2 fully saturated rings. The van der Waals surface area contributed by atoms with Crippen molar-refractivity contribution in [2.45, 2.75) is 83.7 Å². The molecule has 1 heterocycles. The van der Waals surface area contributed by atoms with E-state index in [1.54, 1.807) is 12.1 Å². The number of carbonyl (C=O) groups excluding carboxylic acids is 1. The van der Waals surface area contributed by atoms with Crippen molar-refractivity contribution >= 4 is 5.97 Å². The van der Waals surface area contributed by atoms with E-state index in [-0.39, 0.29) is 23.8 Å². The van der Waals surface area contributed by atoms with Crippen molar-refractivity contribution in [1.29, 1.82) is 0 Å². The van der Waals surface area contributed by atoms with Crippen molar-refractivity contribution in [3.8, 4) is 5.75 Å². The second kappa shape index (κ2) is 10.3. The predicted octanol–water partition coefficient (Wildman–Crippen LogP) is 6.09. The van der Waals surface area contributed by atoms with Crippen LogP contribution in [0.3, 0.4) is 0 Å². The number of hydrogen-bond acceptors (Lipinski definition) is 3. The van der Waals surface area contributed by atoms with Crippen molar-refractivity contribution < 1.29 is 18.7 Å². The summed E-state index contributed by atoms with van der Waals surface area (Å²) in [6.45, 7) is 2.17. The summed E-state index contributed by atoms with van der Waals surface area (Å²) in [5, 5.41) is 0. The van der Waals surface area contributed by atoms with Crippen molar-refractivity contribution in [2.75, 3.05) is 7.11 Å². The number of unbranched alkanes of at least 4 members (excludes halogenated alkanes) is 1. The zero-order valence-electron chi connectivity index (χ0n) is 17.4. The van der Waals surface area contributed by atoms with E-state index < -0.39 is 0 Å². The Hall–Kier alpha value is -1.58. The molecule has 1 aromatic carbocycles. The minimum atomic E-state index is -0.278. The van der Waals surface area contributed by atoms with Gasteiger partial charge in [-0.05, 0) is 74.5 Å². The number of aryl methyl sites for hydroxylation is 1. The zero-order chi connectivity index (χ0) is 19.9. The maximum Gasteiger partial charge on any atom is 0.309 e. The van der Waals surface area contributed by atoms with Gasteiger partial charge in [0.05, 0.1) is 13.0 Å². The second-order valence-corrected chi connectivity index (χ2v) is 8.68. The largest absolute Gasteiger partial charge is 0.494 e. The molecular weight excluding hydrogens is 355 g/mol. The third-order valence-electron chi connectivity index (χ3n) is 6.78. The Morgan fingerprint density at radius 1 is 1.11 bits per heavy atom. The topological polar surface area (TPSA) is 35.5 Å². The van der Waals surface area contributed by atoms with Crippen LogP contribution in [-0.2, 0) is 16.0 Å². The lowest BCUT2D eigenvalue weighted by atomic mass is 9.75. The van der Waals surface area contributed by atoms with Gasteiger partial charge in [-0.3, -0.25) is 4.79 Å². The number of benzene rings is 1. The van der Waals surface area contributed by atoms with Crippen LogP contribution in [0, 0.1) is 23.6 Å². The molecule has 0 radical (unpaired) electrons. The van der Waals surface area contributed by atoms with Crippen molar-refractivity contribution in [3.63, 3.8) is 0 Å². The number of esters is 1. The Morgan fingerprint density at radius 2 is 1.89 bits per heavy atom. The minimum absolute atomic E-state index is 0.0494. The van der Waals surface area contributed by atoms with Gasteiger partial charge in [0, 0.05) is 0 Å². The van der Waals surface area contributed by atoms with E-state index in [1.165, 1.54) is 20.0 Å². The van der Waals surface area contributed by atoms with Crippen molar-refractivity contribution in [3.05, 3.63) is 29.6 Å². The van der Waals surface area contributed by atoms with E-state index in [4.69, 9.17) is 9.47 Å². The predicted molar refractivity (Wildman–Crippen MR) is 109 cm³/mol. The summed E-state index contributed by atoms with van der Waals surface area (Å²) in [5.41, 5.74) is 1.04. The molecule has 0 aromatic heterocycles. The highest BCUT2D eigenvalue weighted by molar-refractivity contribution is 5.73. The van der Waals surface area contributed by atoms with Crippen LogP contribution in [0.2, 0.25) is 0 Å². The molecule has 1 saturated carbocycles. The number of hydrogen-bond donors (Lipinski definition) is 0. The number of carbonyl (C=O) groups is 1. The average molecular weight is 391 g/mol. The first-order valence-corrected chi connectivity index (χ1v) is 11.1. The molecule has 156 valence electrons. The monoisotopic (exact) mass is 390 g/mol. The van der Waals surface area contributed by atoms with Crippen LogP contribution < -0.4 is 4.74 Å².